The predicted molar refractivity (Wildman–Crippen MR) is 129 cm³/mol. The third kappa shape index (κ3) is 3.57. The molecule has 172 valence electrons. The fraction of sp³-hybridized carbons (Fsp3) is 0.0417. The van der Waals surface area contributed by atoms with Crippen molar-refractivity contribution in [2.45, 2.75) is 6.54 Å². The van der Waals surface area contributed by atoms with Gasteiger partial charge in [0.25, 0.3) is 0 Å². The molecule has 1 aromatic carbocycles. The molecule has 0 radical (unpaired) electrons. The van der Waals surface area contributed by atoms with Gasteiger partial charge in [0.05, 0.1) is 22.9 Å². The van der Waals surface area contributed by atoms with Gasteiger partial charge in [-0.05, 0) is 46.3 Å². The zero-order valence-corrected chi connectivity index (χ0v) is 18.6. The number of nitriles is 1. The van der Waals surface area contributed by atoms with Crippen LogP contribution in [-0.4, -0.2) is 49.8 Å². The van der Waals surface area contributed by atoms with Crippen molar-refractivity contribution < 1.29 is 0 Å². The number of tetrazole rings is 1. The van der Waals surface area contributed by atoms with E-state index in [1.807, 2.05) is 42.5 Å². The summed E-state index contributed by atoms with van der Waals surface area (Å²) < 4.78 is 3.05. The second-order valence-electron chi connectivity index (χ2n) is 7.73. The molecule has 0 atom stereocenters. The Morgan fingerprint density at radius 3 is 2.58 bits per heavy atom. The van der Waals surface area contributed by atoms with Crippen LogP contribution in [0.5, 0.6) is 0 Å². The van der Waals surface area contributed by atoms with Gasteiger partial charge in [0.1, 0.15) is 12.2 Å². The molecule has 36 heavy (non-hydrogen) atoms. The number of pyridine rings is 2. The fourth-order valence-electron chi connectivity index (χ4n) is 3.96. The Hall–Kier alpha value is -5.57. The lowest BCUT2D eigenvalue weighted by Gasteiger charge is -2.12. The molecule has 12 nitrogen and oxygen atoms in total. The maximum Gasteiger partial charge on any atom is 0.223 e. The van der Waals surface area contributed by atoms with Crippen LogP contribution in [0.1, 0.15) is 11.4 Å². The van der Waals surface area contributed by atoms with Crippen LogP contribution in [0, 0.1) is 11.3 Å². The summed E-state index contributed by atoms with van der Waals surface area (Å²) in [4.78, 5) is 17.9. The number of fused-ring (bicyclic) bond motifs is 1. The van der Waals surface area contributed by atoms with Crippen LogP contribution in [0.4, 0.5) is 5.95 Å². The van der Waals surface area contributed by atoms with Crippen LogP contribution in [0.3, 0.4) is 0 Å². The molecule has 6 aromatic rings. The lowest BCUT2D eigenvalue weighted by Crippen LogP contribution is -2.08. The molecule has 0 aliphatic rings. The molecule has 0 unspecified atom stereocenters. The molecule has 6 rings (SSSR count). The number of anilines is 1. The summed E-state index contributed by atoms with van der Waals surface area (Å²) in [5.74, 6) is 1.04. The Morgan fingerprint density at radius 1 is 0.944 bits per heavy atom. The molecular weight excluding hydrogens is 456 g/mol. The van der Waals surface area contributed by atoms with Gasteiger partial charge in [0.15, 0.2) is 11.5 Å². The second-order valence-corrected chi connectivity index (χ2v) is 7.73. The SMILES string of the molecule is N#Cc1ccccc1-c1nc(N)n2nc(Cn3nnnc3-c3ccccn3)nc2c1-c1ccncc1. The molecule has 0 fully saturated rings. The van der Waals surface area contributed by atoms with Crippen molar-refractivity contribution in [1.29, 1.82) is 5.26 Å². The zero-order chi connectivity index (χ0) is 24.5. The van der Waals surface area contributed by atoms with Crippen LogP contribution in [0.15, 0.2) is 73.2 Å². The summed E-state index contributed by atoms with van der Waals surface area (Å²) in [6, 6.07) is 18.6. The largest absolute Gasteiger partial charge is 0.368 e. The number of nitrogens with zero attached hydrogens (tertiary/aromatic N) is 11. The van der Waals surface area contributed by atoms with Crippen molar-refractivity contribution in [2.75, 3.05) is 5.73 Å². The summed E-state index contributed by atoms with van der Waals surface area (Å²) in [6.07, 6.45) is 5.03. The van der Waals surface area contributed by atoms with Gasteiger partial charge in [0.2, 0.25) is 11.8 Å². The van der Waals surface area contributed by atoms with E-state index in [4.69, 9.17) is 10.7 Å². The highest BCUT2D eigenvalue weighted by Gasteiger charge is 2.22. The van der Waals surface area contributed by atoms with Gasteiger partial charge in [-0.1, -0.05) is 24.3 Å². The number of nitrogens with two attached hydrogens (primary N) is 1. The minimum atomic E-state index is 0.131. The van der Waals surface area contributed by atoms with Gasteiger partial charge in [-0.3, -0.25) is 9.97 Å². The maximum atomic E-state index is 9.71. The highest BCUT2D eigenvalue weighted by Crippen LogP contribution is 2.36. The van der Waals surface area contributed by atoms with E-state index < -0.39 is 0 Å². The van der Waals surface area contributed by atoms with Crippen LogP contribution in [0.25, 0.3) is 39.5 Å². The third-order valence-electron chi connectivity index (χ3n) is 5.54. The van der Waals surface area contributed by atoms with Gasteiger partial charge in [-0.2, -0.15) is 9.78 Å². The Morgan fingerprint density at radius 2 is 1.78 bits per heavy atom. The van der Waals surface area contributed by atoms with E-state index in [9.17, 15) is 5.26 Å². The van der Waals surface area contributed by atoms with Crippen molar-refractivity contribution in [3.8, 4) is 40.0 Å². The average molecular weight is 472 g/mol. The second kappa shape index (κ2) is 8.65. The number of hydrogen-bond acceptors (Lipinski definition) is 10. The van der Waals surface area contributed by atoms with E-state index in [1.54, 1.807) is 35.4 Å². The Labute approximate surface area is 203 Å². The Kier molecular flexibility index (Phi) is 5.05. The van der Waals surface area contributed by atoms with E-state index in [1.165, 1.54) is 4.52 Å². The van der Waals surface area contributed by atoms with Gasteiger partial charge >= 0.3 is 0 Å². The lowest BCUT2D eigenvalue weighted by atomic mass is 9.97. The molecule has 12 heteroatoms. The fourth-order valence-corrected chi connectivity index (χ4v) is 3.96. The number of benzene rings is 1. The van der Waals surface area contributed by atoms with Crippen LogP contribution >= 0.6 is 0 Å². The Balaban J connectivity index is 1.54. The molecule has 2 N–H and O–H groups in total. The maximum absolute atomic E-state index is 9.71. The molecule has 0 saturated carbocycles. The first-order chi connectivity index (χ1) is 17.7. The lowest BCUT2D eigenvalue weighted by molar-refractivity contribution is 0.627. The zero-order valence-electron chi connectivity index (χ0n) is 18.6. The molecule has 0 aliphatic carbocycles. The van der Waals surface area contributed by atoms with Crippen molar-refractivity contribution in [3.63, 3.8) is 0 Å². The Bertz CT molecular complexity index is 1730. The third-order valence-corrected chi connectivity index (χ3v) is 5.54. The van der Waals surface area contributed by atoms with Crippen molar-refractivity contribution in [3.05, 3.63) is 84.6 Å². The minimum absolute atomic E-state index is 0.131. The quantitative estimate of drug-likeness (QED) is 0.394. The first-order valence-electron chi connectivity index (χ1n) is 10.9. The van der Waals surface area contributed by atoms with Crippen molar-refractivity contribution >= 4 is 11.6 Å². The van der Waals surface area contributed by atoms with Crippen molar-refractivity contribution in [1.82, 2.24) is 49.8 Å². The summed E-state index contributed by atoms with van der Waals surface area (Å²) in [6.45, 7) is 0.180. The molecule has 5 aromatic heterocycles. The smallest absolute Gasteiger partial charge is 0.223 e. The van der Waals surface area contributed by atoms with Crippen LogP contribution < -0.4 is 5.73 Å². The molecule has 5 heterocycles. The van der Waals surface area contributed by atoms with Crippen LogP contribution in [-0.2, 0) is 6.54 Å². The first kappa shape index (κ1) is 21.0. The van der Waals surface area contributed by atoms with Gasteiger partial charge < -0.3 is 5.73 Å². The van der Waals surface area contributed by atoms with E-state index in [-0.39, 0.29) is 12.5 Å². The summed E-state index contributed by atoms with van der Waals surface area (Å²) in [5.41, 5.74) is 10.6. The van der Waals surface area contributed by atoms with E-state index in [0.29, 0.717) is 45.4 Å². The first-order valence-corrected chi connectivity index (χ1v) is 10.9. The topological polar surface area (TPSA) is 162 Å². The monoisotopic (exact) mass is 472 g/mol. The molecule has 0 bridgehead atoms. The van der Waals surface area contributed by atoms with Crippen molar-refractivity contribution in [2.24, 2.45) is 0 Å². The summed E-state index contributed by atoms with van der Waals surface area (Å²) >= 11 is 0. The van der Waals surface area contributed by atoms with E-state index in [2.05, 4.69) is 41.6 Å². The highest BCUT2D eigenvalue weighted by molar-refractivity contribution is 5.91. The molecule has 0 spiro atoms. The number of aromatic nitrogens is 10. The number of hydrogen-bond donors (Lipinski definition) is 1. The van der Waals surface area contributed by atoms with E-state index in [0.717, 1.165) is 5.56 Å². The molecule has 0 saturated heterocycles. The van der Waals surface area contributed by atoms with Gasteiger partial charge in [0, 0.05) is 24.2 Å². The summed E-state index contributed by atoms with van der Waals surface area (Å²) in [5, 5.41) is 26.3. The highest BCUT2D eigenvalue weighted by atomic mass is 15.5. The number of rotatable bonds is 5. The van der Waals surface area contributed by atoms with Gasteiger partial charge in [-0.25, -0.2) is 14.6 Å². The molecular formula is C24H16N12. The molecule has 0 amide bonds. The van der Waals surface area contributed by atoms with E-state index >= 15 is 0 Å². The molecule has 0 aliphatic heterocycles. The average Bonchev–Trinajstić information content (AvgIpc) is 3.57. The standard InChI is InChI=1S/C24H16N12/c25-13-16-5-1-2-6-17(16)21-20(15-8-11-27-12-9-15)23-29-19(32-36(23)24(26)30-21)14-35-22(31-33-34-35)18-7-3-4-10-28-18/h1-12H,14H2,(H2,26,30). The van der Waals surface area contributed by atoms with Crippen LogP contribution in [0.2, 0.25) is 0 Å². The summed E-state index contributed by atoms with van der Waals surface area (Å²) in [7, 11) is 0. The normalized spacial score (nSPS) is 11.0. The number of nitrogen functional groups attached to an aromatic ring is 1. The van der Waals surface area contributed by atoms with Gasteiger partial charge in [-0.15, -0.1) is 10.2 Å². The predicted octanol–water partition coefficient (Wildman–Crippen LogP) is 2.40. The minimum Gasteiger partial charge on any atom is -0.368 e.